The number of carbonyl (C=O) groups is 1. The minimum Gasteiger partial charge on any atom is -0.289 e. The molecule has 4 aromatic rings. The van der Waals surface area contributed by atoms with Gasteiger partial charge < -0.3 is 0 Å². The highest BCUT2D eigenvalue weighted by Crippen LogP contribution is 2.35. The second kappa shape index (κ2) is 8.62. The number of rotatable bonds is 5. The largest absolute Gasteiger partial charge is 0.289 e. The number of benzene rings is 3. The van der Waals surface area contributed by atoms with E-state index < -0.39 is 4.92 Å². The molecule has 0 aliphatic heterocycles. The van der Waals surface area contributed by atoms with Gasteiger partial charge in [-0.15, -0.1) is 0 Å². The number of carbonyl (C=O) groups excluding carboxylic acids is 1. The standard InChI is InChI=1S/C25H17BrN2O3/c1-16-24(23(29)14-9-17-7-10-19(26)11-8-17)25(18-5-3-2-4-6-18)21-15-20(28(30)31)12-13-22(21)27-16/h2-15H,1H3. The third-order valence-electron chi connectivity index (χ3n) is 4.97. The average molecular weight is 473 g/mol. The lowest BCUT2D eigenvalue weighted by molar-refractivity contribution is -0.384. The molecule has 1 heterocycles. The number of ketones is 1. The Hall–Kier alpha value is -3.64. The van der Waals surface area contributed by atoms with Crippen molar-refractivity contribution in [3.63, 3.8) is 0 Å². The Morgan fingerprint density at radius 1 is 1.03 bits per heavy atom. The van der Waals surface area contributed by atoms with Crippen LogP contribution in [0.1, 0.15) is 21.6 Å². The SMILES string of the molecule is Cc1nc2ccc([N+](=O)[O-])cc2c(-c2ccccc2)c1C(=O)C=Cc1ccc(Br)cc1. The van der Waals surface area contributed by atoms with Gasteiger partial charge in [0.05, 0.1) is 16.0 Å². The van der Waals surface area contributed by atoms with Crippen LogP contribution in [0.5, 0.6) is 0 Å². The minimum absolute atomic E-state index is 0.0425. The number of aryl methyl sites for hydroxylation is 1. The number of aromatic nitrogens is 1. The summed E-state index contributed by atoms with van der Waals surface area (Å²) in [5, 5.41) is 11.9. The van der Waals surface area contributed by atoms with Gasteiger partial charge in [-0.1, -0.05) is 64.5 Å². The van der Waals surface area contributed by atoms with Crippen molar-refractivity contribution in [1.29, 1.82) is 0 Å². The molecule has 0 amide bonds. The van der Waals surface area contributed by atoms with Gasteiger partial charge in [0.1, 0.15) is 0 Å². The molecule has 1 aromatic heterocycles. The highest BCUT2D eigenvalue weighted by atomic mass is 79.9. The Balaban J connectivity index is 1.93. The maximum Gasteiger partial charge on any atom is 0.270 e. The molecule has 0 bridgehead atoms. The number of hydrogen-bond donors (Lipinski definition) is 0. The molecule has 0 saturated heterocycles. The molecule has 0 fully saturated rings. The Bertz CT molecular complexity index is 1330. The summed E-state index contributed by atoms with van der Waals surface area (Å²) in [5.41, 5.74) is 3.92. The fraction of sp³-hybridized carbons (Fsp3) is 0.0400. The molecule has 0 unspecified atom stereocenters. The molecule has 0 atom stereocenters. The van der Waals surface area contributed by atoms with Crippen molar-refractivity contribution in [1.82, 2.24) is 4.98 Å². The molecular weight excluding hydrogens is 456 g/mol. The second-order valence-corrected chi connectivity index (χ2v) is 7.94. The summed E-state index contributed by atoms with van der Waals surface area (Å²) in [6, 6.07) is 21.6. The number of fused-ring (bicyclic) bond motifs is 1. The zero-order chi connectivity index (χ0) is 22.0. The van der Waals surface area contributed by atoms with Crippen LogP contribution in [-0.4, -0.2) is 15.7 Å². The van der Waals surface area contributed by atoms with E-state index in [9.17, 15) is 14.9 Å². The first kappa shape index (κ1) is 20.6. The summed E-state index contributed by atoms with van der Waals surface area (Å²) in [6.45, 7) is 1.79. The smallest absolute Gasteiger partial charge is 0.270 e. The lowest BCUT2D eigenvalue weighted by Crippen LogP contribution is -2.05. The molecule has 4 rings (SSSR count). The summed E-state index contributed by atoms with van der Waals surface area (Å²) < 4.78 is 0.957. The van der Waals surface area contributed by atoms with Gasteiger partial charge in [-0.2, -0.15) is 0 Å². The lowest BCUT2D eigenvalue weighted by Gasteiger charge is -2.14. The third kappa shape index (κ3) is 4.29. The van der Waals surface area contributed by atoms with Crippen molar-refractivity contribution < 1.29 is 9.72 Å². The molecule has 152 valence electrons. The van der Waals surface area contributed by atoms with Gasteiger partial charge in [0.2, 0.25) is 0 Å². The summed E-state index contributed by atoms with van der Waals surface area (Å²) >= 11 is 3.40. The number of nitro groups is 1. The maximum absolute atomic E-state index is 13.3. The van der Waals surface area contributed by atoms with Gasteiger partial charge >= 0.3 is 0 Å². The van der Waals surface area contributed by atoms with Crippen molar-refractivity contribution >= 4 is 44.4 Å². The molecule has 31 heavy (non-hydrogen) atoms. The fourth-order valence-electron chi connectivity index (χ4n) is 3.52. The predicted molar refractivity (Wildman–Crippen MR) is 126 cm³/mol. The number of allylic oxidation sites excluding steroid dienone is 1. The summed E-state index contributed by atoms with van der Waals surface area (Å²) in [7, 11) is 0. The van der Waals surface area contributed by atoms with Gasteiger partial charge in [0.15, 0.2) is 5.78 Å². The number of pyridine rings is 1. The van der Waals surface area contributed by atoms with Gasteiger partial charge in [-0.25, -0.2) is 0 Å². The molecule has 0 saturated carbocycles. The molecular formula is C25H17BrN2O3. The molecule has 0 radical (unpaired) electrons. The van der Waals surface area contributed by atoms with Crippen LogP contribution in [0.4, 0.5) is 5.69 Å². The van der Waals surface area contributed by atoms with Crippen LogP contribution in [-0.2, 0) is 0 Å². The fourth-order valence-corrected chi connectivity index (χ4v) is 3.79. The van der Waals surface area contributed by atoms with Crippen molar-refractivity contribution in [3.05, 3.63) is 110 Å². The van der Waals surface area contributed by atoms with E-state index in [-0.39, 0.29) is 11.5 Å². The minimum atomic E-state index is -0.441. The molecule has 0 N–H and O–H groups in total. The molecule has 0 aliphatic rings. The normalized spacial score (nSPS) is 11.2. The highest BCUT2D eigenvalue weighted by molar-refractivity contribution is 9.10. The van der Waals surface area contributed by atoms with E-state index in [1.54, 1.807) is 19.1 Å². The number of halogens is 1. The Labute approximate surface area is 187 Å². The van der Waals surface area contributed by atoms with Crippen LogP contribution in [0.2, 0.25) is 0 Å². The Morgan fingerprint density at radius 3 is 2.42 bits per heavy atom. The van der Waals surface area contributed by atoms with E-state index in [1.165, 1.54) is 18.2 Å². The van der Waals surface area contributed by atoms with Crippen molar-refractivity contribution in [2.45, 2.75) is 6.92 Å². The number of nitrogens with zero attached hydrogens (tertiary/aromatic N) is 2. The van der Waals surface area contributed by atoms with E-state index in [0.29, 0.717) is 27.7 Å². The molecule has 6 heteroatoms. The van der Waals surface area contributed by atoms with Crippen LogP contribution < -0.4 is 0 Å². The van der Waals surface area contributed by atoms with Gasteiger partial charge in [0, 0.05) is 33.2 Å². The van der Waals surface area contributed by atoms with E-state index in [1.807, 2.05) is 54.6 Å². The van der Waals surface area contributed by atoms with Crippen molar-refractivity contribution in [2.75, 3.05) is 0 Å². The van der Waals surface area contributed by atoms with Crippen molar-refractivity contribution in [2.24, 2.45) is 0 Å². The van der Waals surface area contributed by atoms with Crippen molar-refractivity contribution in [3.8, 4) is 11.1 Å². The topological polar surface area (TPSA) is 73.1 Å². The maximum atomic E-state index is 13.3. The van der Waals surface area contributed by atoms with Crippen LogP contribution >= 0.6 is 15.9 Å². The second-order valence-electron chi connectivity index (χ2n) is 7.02. The quantitative estimate of drug-likeness (QED) is 0.139. The predicted octanol–water partition coefficient (Wildman–Crippen LogP) is 6.78. The first-order chi connectivity index (χ1) is 14.9. The monoisotopic (exact) mass is 472 g/mol. The first-order valence-corrected chi connectivity index (χ1v) is 10.4. The van der Waals surface area contributed by atoms with E-state index >= 15 is 0 Å². The summed E-state index contributed by atoms with van der Waals surface area (Å²) in [4.78, 5) is 28.8. The average Bonchev–Trinajstić information content (AvgIpc) is 2.77. The lowest BCUT2D eigenvalue weighted by atomic mass is 9.91. The summed E-state index contributed by atoms with van der Waals surface area (Å²) in [6.07, 6.45) is 3.27. The Kier molecular flexibility index (Phi) is 5.73. The van der Waals surface area contributed by atoms with E-state index in [2.05, 4.69) is 20.9 Å². The summed E-state index contributed by atoms with van der Waals surface area (Å²) in [5.74, 6) is -0.208. The molecule has 3 aromatic carbocycles. The van der Waals surface area contributed by atoms with Crippen LogP contribution in [0, 0.1) is 17.0 Å². The van der Waals surface area contributed by atoms with Crippen LogP contribution in [0.25, 0.3) is 28.1 Å². The third-order valence-corrected chi connectivity index (χ3v) is 5.49. The zero-order valence-electron chi connectivity index (χ0n) is 16.6. The van der Waals surface area contributed by atoms with Crippen LogP contribution in [0.3, 0.4) is 0 Å². The highest BCUT2D eigenvalue weighted by Gasteiger charge is 2.20. The van der Waals surface area contributed by atoms with Crippen LogP contribution in [0.15, 0.2) is 83.3 Å². The van der Waals surface area contributed by atoms with E-state index in [0.717, 1.165) is 15.6 Å². The number of nitro benzene ring substituents is 1. The molecule has 0 aliphatic carbocycles. The van der Waals surface area contributed by atoms with Gasteiger partial charge in [-0.05, 0) is 42.3 Å². The number of hydrogen-bond acceptors (Lipinski definition) is 4. The van der Waals surface area contributed by atoms with E-state index in [4.69, 9.17) is 0 Å². The van der Waals surface area contributed by atoms with Gasteiger partial charge in [0.25, 0.3) is 5.69 Å². The van der Waals surface area contributed by atoms with Gasteiger partial charge in [-0.3, -0.25) is 19.9 Å². The first-order valence-electron chi connectivity index (χ1n) is 9.56. The number of non-ortho nitro benzene ring substituents is 1. The Morgan fingerprint density at radius 2 is 1.74 bits per heavy atom. The molecule has 5 nitrogen and oxygen atoms in total. The zero-order valence-corrected chi connectivity index (χ0v) is 18.2. The molecule has 0 spiro atoms.